The van der Waals surface area contributed by atoms with Gasteiger partial charge in [0.15, 0.2) is 0 Å². The molecule has 60 heavy (non-hydrogen) atoms. The number of hydrogen-bond acceptors (Lipinski definition) is 0. The van der Waals surface area contributed by atoms with Crippen LogP contribution in [0.1, 0.15) is 101 Å². The summed E-state index contributed by atoms with van der Waals surface area (Å²) in [5.41, 5.74) is 14.2. The van der Waals surface area contributed by atoms with Gasteiger partial charge in [0.25, 0.3) is 0 Å². The Morgan fingerprint density at radius 1 is 0.533 bits per heavy atom. The van der Waals surface area contributed by atoms with Gasteiger partial charge in [-0.3, -0.25) is 0 Å². The van der Waals surface area contributed by atoms with E-state index in [4.69, 9.17) is 17.0 Å². The summed E-state index contributed by atoms with van der Waals surface area (Å²) in [5.74, 6) is 1.16. The van der Waals surface area contributed by atoms with Crippen LogP contribution in [-0.4, -0.2) is 9.52 Å². The van der Waals surface area contributed by atoms with E-state index in [1.165, 1.54) is 126 Å². The van der Waals surface area contributed by atoms with Gasteiger partial charge >= 0.3 is 37.9 Å². The Labute approximate surface area is 381 Å². The van der Waals surface area contributed by atoms with Crippen LogP contribution in [-0.2, 0) is 33.7 Å². The minimum atomic E-state index is -0.826. The molecule has 0 amide bonds. The second kappa shape index (κ2) is 22.9. The first kappa shape index (κ1) is 45.7. The fraction of sp³-hybridized carbons (Fsp3) is 0.250. The smallest absolute Gasteiger partial charge is 0.0920 e. The molecule has 1 heterocycles. The fourth-order valence-electron chi connectivity index (χ4n) is 8.12. The van der Waals surface area contributed by atoms with Crippen LogP contribution in [0.2, 0.25) is 0 Å². The van der Waals surface area contributed by atoms with E-state index in [2.05, 4.69) is 193 Å². The quantitative estimate of drug-likeness (QED) is 0.0947. The molecule has 8 aromatic rings. The third kappa shape index (κ3) is 11.4. The minimum absolute atomic E-state index is 0.579. The van der Waals surface area contributed by atoms with Crippen molar-refractivity contribution in [1.82, 2.24) is 0 Å². The second-order valence-electron chi connectivity index (χ2n) is 16.2. The van der Waals surface area contributed by atoms with Crippen LogP contribution in [0, 0.1) is 6.07 Å². The van der Waals surface area contributed by atoms with Gasteiger partial charge in [-0.15, -0.1) is 74.6 Å². The van der Waals surface area contributed by atoms with Gasteiger partial charge in [0, 0.05) is 0 Å². The van der Waals surface area contributed by atoms with E-state index in [1.807, 2.05) is 6.07 Å². The molecule has 0 aliphatic carbocycles. The number of rotatable bonds is 10. The van der Waals surface area contributed by atoms with Crippen molar-refractivity contribution in [3.05, 3.63) is 180 Å². The number of fused-ring (bicyclic) bond motifs is 5. The predicted molar refractivity (Wildman–Crippen MR) is 263 cm³/mol. The monoisotopic (exact) mass is 917 g/mol. The zero-order valence-corrected chi connectivity index (χ0v) is 41.1. The fourth-order valence-corrected chi connectivity index (χ4v) is 9.42. The molecule has 0 N–H and O–H groups in total. The summed E-state index contributed by atoms with van der Waals surface area (Å²) in [6.45, 7) is 13.6. The summed E-state index contributed by atoms with van der Waals surface area (Å²) in [7, 11) is 10.7. The Bertz CT molecular complexity index is 2400. The van der Waals surface area contributed by atoms with E-state index in [9.17, 15) is 0 Å². The Morgan fingerprint density at radius 3 is 1.45 bits per heavy atom. The number of unbranched alkanes of at least 4 members (excludes halogenated alkanes) is 2. The number of halogens is 2. The second-order valence-corrected chi connectivity index (χ2v) is 21.2. The molecule has 0 bridgehead atoms. The Kier molecular flexibility index (Phi) is 17.4. The summed E-state index contributed by atoms with van der Waals surface area (Å²) >= 11 is -0.826. The summed E-state index contributed by atoms with van der Waals surface area (Å²) in [5, 5.41) is 8.35. The Balaban J connectivity index is 0.000000150. The molecule has 9 rings (SSSR count). The molecule has 0 spiro atoms. The number of benzene rings is 6. The first-order valence-electron chi connectivity index (χ1n) is 21.7. The molecule has 0 saturated heterocycles. The van der Waals surface area contributed by atoms with Gasteiger partial charge in [-0.05, 0) is 59.8 Å². The van der Waals surface area contributed by atoms with Crippen molar-refractivity contribution in [3.63, 3.8) is 0 Å². The average molecular weight is 920 g/mol. The molecule has 0 unspecified atom stereocenters. The van der Waals surface area contributed by atoms with Crippen molar-refractivity contribution < 1.29 is 20.8 Å². The SMILES string of the molecule is CCCCc1ccccc1-c1cccc2[cH-]c(C(C)C)cc12.CCCCc1ccccc1-c1cccc2[cH-]c(C(C)C)cc12.[Cl][Zr][Cl].[c-]1cccc2c1[Si]c1ccccc1-2. The molecule has 0 nitrogen and oxygen atoms in total. The topological polar surface area (TPSA) is 0 Å². The van der Waals surface area contributed by atoms with E-state index in [0.717, 1.165) is 9.52 Å². The van der Waals surface area contributed by atoms with Crippen LogP contribution >= 0.6 is 17.0 Å². The van der Waals surface area contributed by atoms with Gasteiger partial charge in [0.1, 0.15) is 0 Å². The molecule has 0 aromatic heterocycles. The maximum Gasteiger partial charge on any atom is 0.0920 e. The molecule has 0 saturated carbocycles. The van der Waals surface area contributed by atoms with Gasteiger partial charge in [-0.2, -0.15) is 41.6 Å². The van der Waals surface area contributed by atoms with Crippen molar-refractivity contribution in [1.29, 1.82) is 0 Å². The van der Waals surface area contributed by atoms with E-state index in [0.29, 0.717) is 11.8 Å². The van der Waals surface area contributed by atoms with E-state index >= 15 is 0 Å². The van der Waals surface area contributed by atoms with Crippen LogP contribution in [0.3, 0.4) is 0 Å². The van der Waals surface area contributed by atoms with E-state index in [1.54, 1.807) is 0 Å². The van der Waals surface area contributed by atoms with Crippen LogP contribution < -0.4 is 10.4 Å². The third-order valence-corrected chi connectivity index (χ3v) is 12.8. The molecule has 2 radical (unpaired) electrons. The molecule has 1 aliphatic rings. The summed E-state index contributed by atoms with van der Waals surface area (Å²) in [6.07, 6.45) is 7.33. The maximum absolute atomic E-state index is 4.93. The molecule has 0 fully saturated rings. The molecule has 1 aliphatic heterocycles. The van der Waals surface area contributed by atoms with Gasteiger partial charge in [-0.1, -0.05) is 161 Å². The molecular weight excluding hydrogens is 863 g/mol. The summed E-state index contributed by atoms with van der Waals surface area (Å²) < 4.78 is 0. The zero-order valence-electron chi connectivity index (χ0n) is 36.1. The van der Waals surface area contributed by atoms with E-state index < -0.39 is 20.8 Å². The molecule has 4 heteroatoms. The van der Waals surface area contributed by atoms with Gasteiger partial charge < -0.3 is 0 Å². The maximum atomic E-state index is 4.93. The predicted octanol–water partition coefficient (Wildman–Crippen LogP) is 15.9. The van der Waals surface area contributed by atoms with Crippen LogP contribution in [0.4, 0.5) is 0 Å². The van der Waals surface area contributed by atoms with Crippen LogP contribution in [0.15, 0.2) is 152 Å². The van der Waals surface area contributed by atoms with Gasteiger partial charge in [-0.25, -0.2) is 0 Å². The van der Waals surface area contributed by atoms with Crippen LogP contribution in [0.5, 0.6) is 0 Å². The van der Waals surface area contributed by atoms with Crippen molar-refractivity contribution in [2.45, 2.75) is 91.9 Å². The number of hydrogen-bond donors (Lipinski definition) is 0. The first-order chi connectivity index (χ1) is 29.3. The van der Waals surface area contributed by atoms with Crippen LogP contribution in [0.25, 0.3) is 54.9 Å². The van der Waals surface area contributed by atoms with Gasteiger partial charge in [0.05, 0.1) is 9.52 Å². The molecule has 0 atom stereocenters. The minimum Gasteiger partial charge on any atom is -0.184 e. The average Bonchev–Trinajstić information content (AvgIpc) is 4.02. The van der Waals surface area contributed by atoms with Gasteiger partial charge in [0.2, 0.25) is 0 Å². The molecular formula is C56H57Cl2SiZr-3. The van der Waals surface area contributed by atoms with Crippen molar-refractivity contribution >= 4 is 58.5 Å². The molecule has 306 valence electrons. The zero-order chi connectivity index (χ0) is 42.4. The summed E-state index contributed by atoms with van der Waals surface area (Å²) in [6, 6.07) is 58.8. The summed E-state index contributed by atoms with van der Waals surface area (Å²) in [4.78, 5) is 0. The van der Waals surface area contributed by atoms with Crippen molar-refractivity contribution in [2.24, 2.45) is 0 Å². The van der Waals surface area contributed by atoms with Crippen molar-refractivity contribution in [2.75, 3.05) is 0 Å². The molecule has 8 aromatic carbocycles. The van der Waals surface area contributed by atoms with E-state index in [-0.39, 0.29) is 0 Å². The first-order valence-corrected chi connectivity index (χ1v) is 29.0. The standard InChI is InChI=1S/2C22H25.C12H7Si.2ClH.Zr/c2*1-4-5-9-17-10-6-7-12-20(17)21-13-8-11-18-14-19(16(2)3)15-22(18)21;1-3-7-11-9(5-1)10-6-2-4-8-12(10)13-11;;;/h2*6-8,10-16H,4-5,9H2,1-3H3;1-7H;2*1H;/q3*-1;;;+2/p-2. The number of aryl methyl sites for hydroxylation is 2. The normalized spacial score (nSPS) is 11.3. The third-order valence-electron chi connectivity index (χ3n) is 11.4. The largest absolute Gasteiger partial charge is 0.184 e. The Hall–Kier alpha value is -3.78. The Morgan fingerprint density at radius 2 is 0.967 bits per heavy atom. The van der Waals surface area contributed by atoms with Crippen molar-refractivity contribution in [3.8, 4) is 33.4 Å².